The van der Waals surface area contributed by atoms with Crippen LogP contribution in [-0.4, -0.2) is 43.1 Å². The second-order valence-corrected chi connectivity index (χ2v) is 5.31. The standard InChI is InChI=1S/C12H25N5/c1-17-8-7-11(9-17)15-12(16-13)14-10-5-3-2-4-6-10/h10-11H,2-9,13H2,1H3,(H2,14,15,16). The molecule has 1 saturated heterocycles. The van der Waals surface area contributed by atoms with Crippen LogP contribution in [0.2, 0.25) is 0 Å². The normalized spacial score (nSPS) is 28.4. The third kappa shape index (κ3) is 3.85. The van der Waals surface area contributed by atoms with Crippen LogP contribution in [0.25, 0.3) is 0 Å². The molecule has 1 heterocycles. The van der Waals surface area contributed by atoms with Gasteiger partial charge in [0.15, 0.2) is 0 Å². The monoisotopic (exact) mass is 239 g/mol. The Morgan fingerprint density at radius 2 is 2.00 bits per heavy atom. The Bertz CT molecular complexity index is 260. The van der Waals surface area contributed by atoms with Gasteiger partial charge in [-0.3, -0.25) is 5.43 Å². The number of guanidine groups is 1. The highest BCUT2D eigenvalue weighted by Crippen LogP contribution is 2.20. The minimum Gasteiger partial charge on any atom is -0.351 e. The Hall–Kier alpha value is -0.810. The largest absolute Gasteiger partial charge is 0.351 e. The van der Waals surface area contributed by atoms with Crippen LogP contribution < -0.4 is 16.6 Å². The van der Waals surface area contributed by atoms with E-state index in [1.165, 1.54) is 38.5 Å². The highest BCUT2D eigenvalue weighted by Gasteiger charge is 2.20. The Kier molecular flexibility index (Phi) is 4.62. The SMILES string of the molecule is CN1CCC(NC(=NC2CCCCC2)NN)C1. The Labute approximate surface area is 104 Å². The summed E-state index contributed by atoms with van der Waals surface area (Å²) in [4.78, 5) is 7.02. The van der Waals surface area contributed by atoms with Crippen LogP contribution >= 0.6 is 0 Å². The second-order valence-electron chi connectivity index (χ2n) is 5.31. The van der Waals surface area contributed by atoms with Crippen molar-refractivity contribution in [2.75, 3.05) is 20.1 Å². The number of nitrogens with one attached hydrogen (secondary N) is 2. The van der Waals surface area contributed by atoms with E-state index in [1.807, 2.05) is 0 Å². The first-order chi connectivity index (χ1) is 8.28. The number of nitrogens with zero attached hydrogens (tertiary/aromatic N) is 2. The van der Waals surface area contributed by atoms with Gasteiger partial charge in [0.2, 0.25) is 5.96 Å². The topological polar surface area (TPSA) is 65.7 Å². The molecule has 2 fully saturated rings. The summed E-state index contributed by atoms with van der Waals surface area (Å²) >= 11 is 0. The molecule has 1 aliphatic heterocycles. The number of nitrogens with two attached hydrogens (primary N) is 1. The lowest BCUT2D eigenvalue weighted by molar-refractivity contribution is 0.405. The predicted octanol–water partition coefficient (Wildman–Crippen LogP) is 0.432. The van der Waals surface area contributed by atoms with Crippen molar-refractivity contribution in [3.8, 4) is 0 Å². The molecule has 2 aliphatic rings. The molecule has 0 spiro atoms. The molecule has 0 aromatic heterocycles. The number of aliphatic imine (C=N–C) groups is 1. The first-order valence-electron chi connectivity index (χ1n) is 6.77. The van der Waals surface area contributed by atoms with Crippen LogP contribution in [0.1, 0.15) is 38.5 Å². The van der Waals surface area contributed by atoms with Crippen molar-refractivity contribution in [2.24, 2.45) is 10.8 Å². The van der Waals surface area contributed by atoms with Gasteiger partial charge >= 0.3 is 0 Å². The summed E-state index contributed by atoms with van der Waals surface area (Å²) in [5, 5.41) is 3.42. The maximum atomic E-state index is 5.55. The number of hydrazine groups is 1. The zero-order valence-electron chi connectivity index (χ0n) is 10.8. The van der Waals surface area contributed by atoms with Crippen LogP contribution in [0, 0.1) is 0 Å². The maximum Gasteiger partial charge on any atom is 0.206 e. The number of likely N-dealkylation sites (tertiary alicyclic amines) is 1. The summed E-state index contributed by atoms with van der Waals surface area (Å²) in [7, 11) is 2.15. The van der Waals surface area contributed by atoms with Gasteiger partial charge in [-0.05, 0) is 32.9 Å². The maximum absolute atomic E-state index is 5.55. The zero-order valence-corrected chi connectivity index (χ0v) is 10.8. The van der Waals surface area contributed by atoms with Gasteiger partial charge in [0, 0.05) is 12.6 Å². The lowest BCUT2D eigenvalue weighted by Gasteiger charge is -2.21. The molecule has 0 amide bonds. The van der Waals surface area contributed by atoms with E-state index >= 15 is 0 Å². The van der Waals surface area contributed by atoms with Crippen molar-refractivity contribution < 1.29 is 0 Å². The van der Waals surface area contributed by atoms with Gasteiger partial charge in [0.1, 0.15) is 0 Å². The Morgan fingerprint density at radius 3 is 2.59 bits per heavy atom. The second kappa shape index (κ2) is 6.21. The van der Waals surface area contributed by atoms with Crippen LogP contribution in [0.4, 0.5) is 0 Å². The lowest BCUT2D eigenvalue weighted by Crippen LogP contribution is -2.47. The quantitative estimate of drug-likeness (QED) is 0.283. The molecule has 0 bridgehead atoms. The summed E-state index contributed by atoms with van der Waals surface area (Å²) in [6, 6.07) is 0.944. The highest BCUT2D eigenvalue weighted by molar-refractivity contribution is 5.79. The molecular weight excluding hydrogens is 214 g/mol. The van der Waals surface area contributed by atoms with Crippen molar-refractivity contribution in [2.45, 2.75) is 50.6 Å². The first kappa shape index (κ1) is 12.6. The van der Waals surface area contributed by atoms with Gasteiger partial charge in [0.25, 0.3) is 0 Å². The minimum absolute atomic E-state index is 0.460. The Morgan fingerprint density at radius 1 is 1.24 bits per heavy atom. The molecule has 1 aliphatic carbocycles. The summed E-state index contributed by atoms with van der Waals surface area (Å²) in [5.41, 5.74) is 2.71. The molecule has 5 nitrogen and oxygen atoms in total. The average molecular weight is 239 g/mol. The molecule has 17 heavy (non-hydrogen) atoms. The molecule has 1 unspecified atom stereocenters. The van der Waals surface area contributed by atoms with E-state index in [-0.39, 0.29) is 0 Å². The molecule has 98 valence electrons. The van der Waals surface area contributed by atoms with Gasteiger partial charge in [-0.1, -0.05) is 19.3 Å². The van der Waals surface area contributed by atoms with E-state index in [9.17, 15) is 0 Å². The summed E-state index contributed by atoms with van der Waals surface area (Å²) in [6.45, 7) is 2.23. The molecule has 1 atom stereocenters. The van der Waals surface area contributed by atoms with E-state index in [0.717, 1.165) is 19.0 Å². The van der Waals surface area contributed by atoms with Crippen molar-refractivity contribution in [1.29, 1.82) is 0 Å². The third-order valence-corrected chi connectivity index (χ3v) is 3.76. The van der Waals surface area contributed by atoms with E-state index in [1.54, 1.807) is 0 Å². The molecule has 0 aromatic rings. The molecule has 2 rings (SSSR count). The average Bonchev–Trinajstić information content (AvgIpc) is 2.75. The van der Waals surface area contributed by atoms with E-state index in [2.05, 4.69) is 22.7 Å². The van der Waals surface area contributed by atoms with Gasteiger partial charge in [0.05, 0.1) is 6.04 Å². The van der Waals surface area contributed by atoms with E-state index in [0.29, 0.717) is 12.1 Å². The number of rotatable bonds is 2. The van der Waals surface area contributed by atoms with Crippen molar-refractivity contribution in [3.63, 3.8) is 0 Å². The minimum atomic E-state index is 0.460. The summed E-state index contributed by atoms with van der Waals surface area (Å²) in [5.74, 6) is 6.32. The predicted molar refractivity (Wildman–Crippen MR) is 70.7 cm³/mol. The van der Waals surface area contributed by atoms with E-state index in [4.69, 9.17) is 10.8 Å². The number of hydrogen-bond acceptors (Lipinski definition) is 3. The molecule has 1 saturated carbocycles. The smallest absolute Gasteiger partial charge is 0.206 e. The first-order valence-corrected chi connectivity index (χ1v) is 6.77. The lowest BCUT2D eigenvalue weighted by atomic mass is 9.96. The van der Waals surface area contributed by atoms with Gasteiger partial charge in [-0.15, -0.1) is 0 Å². The fourth-order valence-corrected chi connectivity index (χ4v) is 2.76. The van der Waals surface area contributed by atoms with E-state index < -0.39 is 0 Å². The number of likely N-dealkylation sites (N-methyl/N-ethyl adjacent to an activating group) is 1. The van der Waals surface area contributed by atoms with Gasteiger partial charge < -0.3 is 10.2 Å². The zero-order chi connectivity index (χ0) is 12.1. The van der Waals surface area contributed by atoms with Crippen LogP contribution in [0.15, 0.2) is 4.99 Å². The Balaban J connectivity index is 1.84. The summed E-state index contributed by atoms with van der Waals surface area (Å²) < 4.78 is 0. The molecule has 0 radical (unpaired) electrons. The van der Waals surface area contributed by atoms with Crippen LogP contribution in [0.3, 0.4) is 0 Å². The summed E-state index contributed by atoms with van der Waals surface area (Å²) in [6.07, 6.45) is 7.55. The van der Waals surface area contributed by atoms with Gasteiger partial charge in [-0.2, -0.15) is 0 Å². The molecule has 5 heteroatoms. The highest BCUT2D eigenvalue weighted by atomic mass is 15.3. The van der Waals surface area contributed by atoms with Crippen LogP contribution in [-0.2, 0) is 0 Å². The third-order valence-electron chi connectivity index (χ3n) is 3.76. The molecule has 0 aromatic carbocycles. The van der Waals surface area contributed by atoms with Gasteiger partial charge in [-0.25, -0.2) is 10.8 Å². The molecular formula is C12H25N5. The fourth-order valence-electron chi connectivity index (χ4n) is 2.76. The van der Waals surface area contributed by atoms with Crippen LogP contribution in [0.5, 0.6) is 0 Å². The molecule has 4 N–H and O–H groups in total. The van der Waals surface area contributed by atoms with Crippen molar-refractivity contribution in [1.82, 2.24) is 15.6 Å². The number of hydrogen-bond donors (Lipinski definition) is 3. The van der Waals surface area contributed by atoms with Crippen molar-refractivity contribution >= 4 is 5.96 Å². The van der Waals surface area contributed by atoms with Crippen molar-refractivity contribution in [3.05, 3.63) is 0 Å². The fraction of sp³-hybridized carbons (Fsp3) is 0.917.